The molecule has 1 aromatic rings. The number of Topliss-reactive ketones (excluding diaryl/α,β-unsaturated/α-hetero) is 1. The zero-order valence-electron chi connectivity index (χ0n) is 8.46. The highest BCUT2D eigenvalue weighted by Gasteiger charge is 2.14. The van der Waals surface area contributed by atoms with Crippen LogP contribution in [0.15, 0.2) is 18.3 Å². The van der Waals surface area contributed by atoms with Gasteiger partial charge in [-0.25, -0.2) is 4.98 Å². The van der Waals surface area contributed by atoms with Crippen LogP contribution in [0.25, 0.3) is 0 Å². The van der Waals surface area contributed by atoms with E-state index in [1.54, 1.807) is 12.1 Å². The zero-order valence-corrected chi connectivity index (χ0v) is 9.21. The number of ketones is 1. The van der Waals surface area contributed by atoms with Gasteiger partial charge in [-0.05, 0) is 18.6 Å². The fourth-order valence-electron chi connectivity index (χ4n) is 1.37. The molecule has 1 aromatic heterocycles. The maximum absolute atomic E-state index is 11.8. The van der Waals surface area contributed by atoms with Crippen LogP contribution in [-0.4, -0.2) is 10.8 Å². The van der Waals surface area contributed by atoms with E-state index in [1.807, 2.05) is 6.92 Å². The van der Waals surface area contributed by atoms with Gasteiger partial charge in [-0.2, -0.15) is 0 Å². The van der Waals surface area contributed by atoms with Crippen molar-refractivity contribution in [2.45, 2.75) is 26.7 Å². The molecular formula is C11H14ClNO. The van der Waals surface area contributed by atoms with Gasteiger partial charge in [0.05, 0.1) is 0 Å². The molecule has 0 spiro atoms. The summed E-state index contributed by atoms with van der Waals surface area (Å²) >= 11 is 5.63. The molecule has 3 heteroatoms. The van der Waals surface area contributed by atoms with Crippen molar-refractivity contribution in [1.29, 1.82) is 0 Å². The lowest BCUT2D eigenvalue weighted by atomic mass is 9.96. The molecule has 0 fully saturated rings. The molecule has 0 aliphatic carbocycles. The topological polar surface area (TPSA) is 30.0 Å². The summed E-state index contributed by atoms with van der Waals surface area (Å²) < 4.78 is 0. The minimum absolute atomic E-state index is 0.0722. The number of carbonyl (C=O) groups is 1. The SMILES string of the molecule is CCCC(C)C(=O)c1ccc(Cl)nc1. The molecule has 76 valence electrons. The lowest BCUT2D eigenvalue weighted by Gasteiger charge is -2.08. The lowest BCUT2D eigenvalue weighted by Crippen LogP contribution is -2.11. The summed E-state index contributed by atoms with van der Waals surface area (Å²) in [6.45, 7) is 4.02. The molecule has 0 saturated heterocycles. The van der Waals surface area contributed by atoms with Crippen LogP contribution in [0.1, 0.15) is 37.0 Å². The maximum atomic E-state index is 11.8. The van der Waals surface area contributed by atoms with Crippen LogP contribution in [0, 0.1) is 5.92 Å². The molecule has 0 radical (unpaired) electrons. The third kappa shape index (κ3) is 2.81. The van der Waals surface area contributed by atoms with E-state index >= 15 is 0 Å². The second-order valence-corrected chi connectivity index (χ2v) is 3.81. The van der Waals surface area contributed by atoms with E-state index in [4.69, 9.17) is 11.6 Å². The van der Waals surface area contributed by atoms with Gasteiger partial charge in [0.1, 0.15) is 5.15 Å². The van der Waals surface area contributed by atoms with Gasteiger partial charge in [-0.1, -0.05) is 31.9 Å². The summed E-state index contributed by atoms with van der Waals surface area (Å²) in [5.41, 5.74) is 0.648. The number of halogens is 1. The second kappa shape index (κ2) is 5.11. The van der Waals surface area contributed by atoms with Gasteiger partial charge in [0, 0.05) is 17.7 Å². The Morgan fingerprint density at radius 2 is 2.29 bits per heavy atom. The van der Waals surface area contributed by atoms with E-state index in [0.29, 0.717) is 10.7 Å². The van der Waals surface area contributed by atoms with Crippen molar-refractivity contribution in [1.82, 2.24) is 4.98 Å². The van der Waals surface area contributed by atoms with E-state index in [1.165, 1.54) is 6.20 Å². The normalized spacial score (nSPS) is 12.5. The van der Waals surface area contributed by atoms with Gasteiger partial charge in [0.15, 0.2) is 5.78 Å². The number of nitrogens with zero attached hydrogens (tertiary/aromatic N) is 1. The Kier molecular flexibility index (Phi) is 4.08. The molecule has 1 atom stereocenters. The fraction of sp³-hybridized carbons (Fsp3) is 0.455. The molecule has 0 aromatic carbocycles. The van der Waals surface area contributed by atoms with Crippen LogP contribution < -0.4 is 0 Å². The predicted molar refractivity (Wildman–Crippen MR) is 57.6 cm³/mol. The van der Waals surface area contributed by atoms with E-state index in [9.17, 15) is 4.79 Å². The molecule has 1 heterocycles. The van der Waals surface area contributed by atoms with Crippen molar-refractivity contribution >= 4 is 17.4 Å². The Labute approximate surface area is 89.3 Å². The fourth-order valence-corrected chi connectivity index (χ4v) is 1.48. The first-order valence-corrected chi connectivity index (χ1v) is 5.18. The first kappa shape index (κ1) is 11.2. The summed E-state index contributed by atoms with van der Waals surface area (Å²) in [4.78, 5) is 15.7. The van der Waals surface area contributed by atoms with Crippen LogP contribution in [0.3, 0.4) is 0 Å². The summed E-state index contributed by atoms with van der Waals surface area (Å²) in [7, 11) is 0. The number of pyridine rings is 1. The van der Waals surface area contributed by atoms with Gasteiger partial charge in [0.2, 0.25) is 0 Å². The molecule has 0 bridgehead atoms. The maximum Gasteiger partial charge on any atom is 0.167 e. The average molecular weight is 212 g/mol. The third-order valence-corrected chi connectivity index (χ3v) is 2.40. The zero-order chi connectivity index (χ0) is 10.6. The number of carbonyl (C=O) groups excluding carboxylic acids is 1. The Balaban J connectivity index is 2.74. The van der Waals surface area contributed by atoms with Crippen LogP contribution >= 0.6 is 11.6 Å². The van der Waals surface area contributed by atoms with Gasteiger partial charge >= 0.3 is 0 Å². The minimum atomic E-state index is 0.0722. The van der Waals surface area contributed by atoms with Crippen LogP contribution in [0.5, 0.6) is 0 Å². The molecule has 0 amide bonds. The van der Waals surface area contributed by atoms with Crippen LogP contribution in [-0.2, 0) is 0 Å². The monoisotopic (exact) mass is 211 g/mol. The third-order valence-electron chi connectivity index (χ3n) is 2.18. The van der Waals surface area contributed by atoms with Crippen molar-refractivity contribution in [2.24, 2.45) is 5.92 Å². The molecular weight excluding hydrogens is 198 g/mol. The number of aromatic nitrogens is 1. The van der Waals surface area contributed by atoms with Crippen LogP contribution in [0.2, 0.25) is 5.15 Å². The van der Waals surface area contributed by atoms with Gasteiger partial charge < -0.3 is 0 Å². The lowest BCUT2D eigenvalue weighted by molar-refractivity contribution is 0.0923. The first-order chi connectivity index (χ1) is 6.65. The largest absolute Gasteiger partial charge is 0.294 e. The number of hydrogen-bond acceptors (Lipinski definition) is 2. The highest BCUT2D eigenvalue weighted by Crippen LogP contribution is 2.14. The van der Waals surface area contributed by atoms with E-state index in [-0.39, 0.29) is 11.7 Å². The first-order valence-electron chi connectivity index (χ1n) is 4.81. The summed E-state index contributed by atoms with van der Waals surface area (Å²) in [6.07, 6.45) is 3.48. The van der Waals surface area contributed by atoms with Crippen molar-refractivity contribution in [2.75, 3.05) is 0 Å². The molecule has 0 aliphatic heterocycles. The Morgan fingerprint density at radius 1 is 1.57 bits per heavy atom. The Bertz CT molecular complexity index is 308. The predicted octanol–water partition coefficient (Wildman–Crippen LogP) is 3.35. The van der Waals surface area contributed by atoms with Gasteiger partial charge in [0.25, 0.3) is 0 Å². The van der Waals surface area contributed by atoms with Crippen molar-refractivity contribution in [3.63, 3.8) is 0 Å². The molecule has 14 heavy (non-hydrogen) atoms. The molecule has 0 N–H and O–H groups in total. The van der Waals surface area contributed by atoms with E-state index in [2.05, 4.69) is 11.9 Å². The summed E-state index contributed by atoms with van der Waals surface area (Å²) in [5, 5.41) is 0.421. The highest BCUT2D eigenvalue weighted by molar-refractivity contribution is 6.29. The molecule has 1 unspecified atom stereocenters. The van der Waals surface area contributed by atoms with E-state index < -0.39 is 0 Å². The molecule has 2 nitrogen and oxygen atoms in total. The number of hydrogen-bond donors (Lipinski definition) is 0. The average Bonchev–Trinajstić information content (AvgIpc) is 2.18. The van der Waals surface area contributed by atoms with Gasteiger partial charge in [-0.15, -0.1) is 0 Å². The summed E-state index contributed by atoms with van der Waals surface area (Å²) in [6, 6.07) is 3.37. The van der Waals surface area contributed by atoms with Crippen molar-refractivity contribution in [3.05, 3.63) is 29.0 Å². The molecule has 0 saturated carbocycles. The van der Waals surface area contributed by atoms with Crippen molar-refractivity contribution < 1.29 is 4.79 Å². The minimum Gasteiger partial charge on any atom is -0.294 e. The molecule has 1 rings (SSSR count). The Morgan fingerprint density at radius 3 is 2.79 bits per heavy atom. The summed E-state index contributed by atoms with van der Waals surface area (Å²) in [5.74, 6) is 0.221. The molecule has 0 aliphatic rings. The highest BCUT2D eigenvalue weighted by atomic mass is 35.5. The second-order valence-electron chi connectivity index (χ2n) is 3.42. The standard InChI is InChI=1S/C11H14ClNO/c1-3-4-8(2)11(14)9-5-6-10(12)13-7-9/h5-8H,3-4H2,1-2H3. The number of rotatable bonds is 4. The quantitative estimate of drug-likeness (QED) is 0.565. The van der Waals surface area contributed by atoms with E-state index in [0.717, 1.165) is 12.8 Å². The van der Waals surface area contributed by atoms with Crippen LogP contribution in [0.4, 0.5) is 0 Å². The van der Waals surface area contributed by atoms with Crippen molar-refractivity contribution in [3.8, 4) is 0 Å². The Hall–Kier alpha value is -0.890. The smallest absolute Gasteiger partial charge is 0.167 e. The van der Waals surface area contributed by atoms with Gasteiger partial charge in [-0.3, -0.25) is 4.79 Å².